The number of hydrogen-bond acceptors (Lipinski definition) is 1. The third-order valence-corrected chi connectivity index (χ3v) is 2.78. The molecule has 0 aromatic rings. The predicted molar refractivity (Wildman–Crippen MR) is 47.0 cm³/mol. The third kappa shape index (κ3) is 2.08. The predicted octanol–water partition coefficient (Wildman–Crippen LogP) is 2.24. The molecule has 1 aliphatic rings. The Labute approximate surface area is 70.3 Å². The normalized spacial score (nSPS) is 29.0. The summed E-state index contributed by atoms with van der Waals surface area (Å²) in [6, 6.07) is 0. The molecule has 1 saturated heterocycles. The maximum atomic E-state index is 5.28. The molecule has 9 heavy (non-hydrogen) atoms. The summed E-state index contributed by atoms with van der Waals surface area (Å²) in [5.41, 5.74) is 0. The Hall–Kier alpha value is 0.690. The van der Waals surface area contributed by atoms with Crippen molar-refractivity contribution in [2.24, 2.45) is 5.92 Å². The van der Waals surface area contributed by atoms with E-state index in [9.17, 15) is 0 Å². The molecule has 2 heteroatoms. The summed E-state index contributed by atoms with van der Waals surface area (Å²) >= 11 is 2.50. The standard InChI is InChI=1S/C7H13IO/c1-7(2,8)6-3-4-9-5-6/h6H,3-5H2,1-2H3. The molecule has 0 saturated carbocycles. The molecule has 54 valence electrons. The van der Waals surface area contributed by atoms with Gasteiger partial charge in [0, 0.05) is 10.0 Å². The first kappa shape index (κ1) is 7.79. The quantitative estimate of drug-likeness (QED) is 0.504. The van der Waals surface area contributed by atoms with E-state index in [2.05, 4.69) is 36.4 Å². The second-order valence-corrected chi connectivity index (χ2v) is 5.91. The minimum absolute atomic E-state index is 0.425. The number of rotatable bonds is 1. The molecule has 0 spiro atoms. The van der Waals surface area contributed by atoms with Crippen molar-refractivity contribution < 1.29 is 4.74 Å². The number of alkyl halides is 1. The second kappa shape index (κ2) is 2.74. The minimum Gasteiger partial charge on any atom is -0.381 e. The largest absolute Gasteiger partial charge is 0.381 e. The zero-order valence-electron chi connectivity index (χ0n) is 5.98. The molecule has 1 atom stereocenters. The van der Waals surface area contributed by atoms with E-state index in [0.29, 0.717) is 3.42 Å². The fraction of sp³-hybridized carbons (Fsp3) is 1.00. The van der Waals surface area contributed by atoms with Crippen LogP contribution in [0.3, 0.4) is 0 Å². The van der Waals surface area contributed by atoms with Gasteiger partial charge in [-0.2, -0.15) is 0 Å². The molecule has 0 N–H and O–H groups in total. The molecule has 0 aliphatic carbocycles. The van der Waals surface area contributed by atoms with Crippen LogP contribution in [0.1, 0.15) is 20.3 Å². The first-order chi connectivity index (χ1) is 4.11. The van der Waals surface area contributed by atoms with Crippen molar-refractivity contribution in [2.45, 2.75) is 23.7 Å². The summed E-state index contributed by atoms with van der Waals surface area (Å²) in [6.07, 6.45) is 1.25. The highest BCUT2D eigenvalue weighted by atomic mass is 127. The van der Waals surface area contributed by atoms with E-state index in [0.717, 1.165) is 19.1 Å². The maximum absolute atomic E-state index is 5.28. The first-order valence-corrected chi connectivity index (χ1v) is 4.45. The summed E-state index contributed by atoms with van der Waals surface area (Å²) in [6.45, 7) is 6.48. The van der Waals surface area contributed by atoms with Gasteiger partial charge >= 0.3 is 0 Å². The van der Waals surface area contributed by atoms with Crippen molar-refractivity contribution >= 4 is 22.6 Å². The molecule has 0 radical (unpaired) electrons. The smallest absolute Gasteiger partial charge is 0.0507 e. The molecule has 0 amide bonds. The Morgan fingerprint density at radius 2 is 2.22 bits per heavy atom. The molecule has 0 aromatic heterocycles. The molecular formula is C7H13IO. The highest BCUT2D eigenvalue weighted by Gasteiger charge is 2.29. The molecule has 1 unspecified atom stereocenters. The lowest BCUT2D eigenvalue weighted by molar-refractivity contribution is 0.181. The summed E-state index contributed by atoms with van der Waals surface area (Å²) in [5.74, 6) is 0.776. The Morgan fingerprint density at radius 3 is 2.44 bits per heavy atom. The highest BCUT2D eigenvalue weighted by Crippen LogP contribution is 2.32. The summed E-state index contributed by atoms with van der Waals surface area (Å²) in [4.78, 5) is 0. The van der Waals surface area contributed by atoms with E-state index >= 15 is 0 Å². The van der Waals surface area contributed by atoms with Gasteiger partial charge in [-0.25, -0.2) is 0 Å². The van der Waals surface area contributed by atoms with Crippen LogP contribution in [0.15, 0.2) is 0 Å². The minimum atomic E-state index is 0.425. The van der Waals surface area contributed by atoms with Crippen molar-refractivity contribution in [2.75, 3.05) is 13.2 Å². The fourth-order valence-electron chi connectivity index (χ4n) is 1.08. The van der Waals surface area contributed by atoms with Crippen LogP contribution in [0.25, 0.3) is 0 Å². The van der Waals surface area contributed by atoms with Crippen LogP contribution in [0.2, 0.25) is 0 Å². The van der Waals surface area contributed by atoms with Gasteiger partial charge in [0.1, 0.15) is 0 Å². The average Bonchev–Trinajstić information content (AvgIpc) is 2.08. The van der Waals surface area contributed by atoms with Gasteiger partial charge in [0.05, 0.1) is 6.61 Å². The van der Waals surface area contributed by atoms with Gasteiger partial charge in [-0.05, 0) is 12.3 Å². The van der Waals surface area contributed by atoms with Crippen LogP contribution in [0, 0.1) is 5.92 Å². The highest BCUT2D eigenvalue weighted by molar-refractivity contribution is 14.1. The van der Waals surface area contributed by atoms with E-state index in [1.807, 2.05) is 0 Å². The van der Waals surface area contributed by atoms with Gasteiger partial charge in [-0.3, -0.25) is 0 Å². The van der Waals surface area contributed by atoms with E-state index in [4.69, 9.17) is 4.74 Å². The lowest BCUT2D eigenvalue weighted by atomic mass is 9.95. The average molecular weight is 240 g/mol. The molecule has 1 aliphatic heterocycles. The van der Waals surface area contributed by atoms with E-state index in [1.165, 1.54) is 6.42 Å². The van der Waals surface area contributed by atoms with E-state index in [-0.39, 0.29) is 0 Å². The molecule has 0 aromatic carbocycles. The topological polar surface area (TPSA) is 9.23 Å². The van der Waals surface area contributed by atoms with Crippen LogP contribution < -0.4 is 0 Å². The molecular weight excluding hydrogens is 227 g/mol. The van der Waals surface area contributed by atoms with Crippen molar-refractivity contribution in [1.82, 2.24) is 0 Å². The fourth-order valence-corrected chi connectivity index (χ4v) is 1.57. The Morgan fingerprint density at radius 1 is 1.56 bits per heavy atom. The lowest BCUT2D eigenvalue weighted by Crippen LogP contribution is -2.23. The molecule has 1 nitrogen and oxygen atoms in total. The number of halogens is 1. The van der Waals surface area contributed by atoms with Crippen LogP contribution in [0.5, 0.6) is 0 Å². The Bertz CT molecular complexity index is 89.6. The van der Waals surface area contributed by atoms with E-state index in [1.54, 1.807) is 0 Å². The van der Waals surface area contributed by atoms with E-state index < -0.39 is 0 Å². The Kier molecular flexibility index (Phi) is 2.37. The third-order valence-electron chi connectivity index (χ3n) is 1.90. The van der Waals surface area contributed by atoms with Crippen LogP contribution in [-0.4, -0.2) is 16.6 Å². The van der Waals surface area contributed by atoms with Crippen molar-refractivity contribution in [3.05, 3.63) is 0 Å². The van der Waals surface area contributed by atoms with Crippen molar-refractivity contribution in [3.63, 3.8) is 0 Å². The van der Waals surface area contributed by atoms with Gasteiger partial charge in [0.15, 0.2) is 0 Å². The monoisotopic (exact) mass is 240 g/mol. The van der Waals surface area contributed by atoms with Gasteiger partial charge in [0.25, 0.3) is 0 Å². The summed E-state index contributed by atoms with van der Waals surface area (Å²) < 4.78 is 5.70. The van der Waals surface area contributed by atoms with Crippen LogP contribution >= 0.6 is 22.6 Å². The summed E-state index contributed by atoms with van der Waals surface area (Å²) in [5, 5.41) is 0. The van der Waals surface area contributed by atoms with Gasteiger partial charge < -0.3 is 4.74 Å². The maximum Gasteiger partial charge on any atom is 0.0507 e. The molecule has 1 rings (SSSR count). The van der Waals surface area contributed by atoms with Crippen LogP contribution in [-0.2, 0) is 4.74 Å². The molecule has 0 bridgehead atoms. The van der Waals surface area contributed by atoms with Gasteiger partial charge in [-0.1, -0.05) is 36.4 Å². The zero-order chi connectivity index (χ0) is 6.91. The van der Waals surface area contributed by atoms with Crippen LogP contribution in [0.4, 0.5) is 0 Å². The van der Waals surface area contributed by atoms with Gasteiger partial charge in [-0.15, -0.1) is 0 Å². The lowest BCUT2D eigenvalue weighted by Gasteiger charge is -2.22. The number of hydrogen-bond donors (Lipinski definition) is 0. The zero-order valence-corrected chi connectivity index (χ0v) is 8.14. The molecule has 1 fully saturated rings. The SMILES string of the molecule is CC(C)(I)C1CCOC1. The van der Waals surface area contributed by atoms with Crippen molar-refractivity contribution in [1.29, 1.82) is 0 Å². The second-order valence-electron chi connectivity index (χ2n) is 3.12. The molecule has 1 heterocycles. The van der Waals surface area contributed by atoms with Crippen molar-refractivity contribution in [3.8, 4) is 0 Å². The van der Waals surface area contributed by atoms with Gasteiger partial charge in [0.2, 0.25) is 0 Å². The first-order valence-electron chi connectivity index (χ1n) is 3.37. The number of ether oxygens (including phenoxy) is 1. The Balaban J connectivity index is 2.42. The summed E-state index contributed by atoms with van der Waals surface area (Å²) in [7, 11) is 0.